The van der Waals surface area contributed by atoms with Gasteiger partial charge >= 0.3 is 0 Å². The Morgan fingerprint density at radius 2 is 1.83 bits per heavy atom. The molecule has 0 aliphatic carbocycles. The molecule has 0 amide bonds. The predicted octanol–water partition coefficient (Wildman–Crippen LogP) is 2.90. The van der Waals surface area contributed by atoms with Gasteiger partial charge in [0, 0.05) is 36.2 Å². The van der Waals surface area contributed by atoms with Gasteiger partial charge in [0.25, 0.3) is 0 Å². The van der Waals surface area contributed by atoms with E-state index in [1.165, 1.54) is 18.7 Å². The molecule has 1 saturated heterocycles. The van der Waals surface area contributed by atoms with Crippen LogP contribution in [0.25, 0.3) is 0 Å². The highest BCUT2D eigenvalue weighted by Crippen LogP contribution is 2.25. The van der Waals surface area contributed by atoms with Crippen molar-refractivity contribution in [2.45, 2.75) is 36.8 Å². The Balaban J connectivity index is 1.81. The lowest BCUT2D eigenvalue weighted by Gasteiger charge is -2.35. The third-order valence-corrected chi connectivity index (χ3v) is 4.71. The van der Waals surface area contributed by atoms with Crippen molar-refractivity contribution in [1.29, 1.82) is 0 Å². The zero-order chi connectivity index (χ0) is 13.0. The number of benzene rings is 1. The average molecular weight is 264 g/mol. The van der Waals surface area contributed by atoms with Gasteiger partial charge in [0.05, 0.1) is 0 Å². The molecule has 2 N–H and O–H groups in total. The number of nitrogens with zero attached hydrogens (tertiary/aromatic N) is 1. The van der Waals surface area contributed by atoms with E-state index in [1.807, 2.05) is 6.07 Å². The molecule has 0 aromatic heterocycles. The van der Waals surface area contributed by atoms with Crippen molar-refractivity contribution < 1.29 is 0 Å². The second-order valence-corrected chi connectivity index (χ2v) is 7.20. The van der Waals surface area contributed by atoms with Crippen molar-refractivity contribution >= 4 is 11.8 Å². The molecule has 3 unspecified atom stereocenters. The molecule has 2 nitrogen and oxygen atoms in total. The molecule has 0 saturated carbocycles. The second kappa shape index (κ2) is 6.60. The molecule has 0 radical (unpaired) electrons. The fourth-order valence-corrected chi connectivity index (χ4v) is 4.04. The highest BCUT2D eigenvalue weighted by Gasteiger charge is 2.22. The van der Waals surface area contributed by atoms with Crippen LogP contribution in [0.3, 0.4) is 0 Å². The van der Waals surface area contributed by atoms with E-state index in [1.54, 1.807) is 0 Å². The highest BCUT2D eigenvalue weighted by atomic mass is 32.2. The first-order valence-corrected chi connectivity index (χ1v) is 7.78. The SMILES string of the molecule is CC1CN(CCC(N)c2ccccc2)CC(C)S1. The topological polar surface area (TPSA) is 29.3 Å². The van der Waals surface area contributed by atoms with Gasteiger partial charge in [-0.3, -0.25) is 0 Å². The van der Waals surface area contributed by atoms with E-state index in [0.717, 1.165) is 23.5 Å². The third-order valence-electron chi connectivity index (χ3n) is 3.48. The van der Waals surface area contributed by atoms with Crippen LogP contribution in [0.15, 0.2) is 30.3 Å². The van der Waals surface area contributed by atoms with E-state index in [4.69, 9.17) is 5.73 Å². The lowest BCUT2D eigenvalue weighted by Crippen LogP contribution is -2.41. The quantitative estimate of drug-likeness (QED) is 0.906. The minimum atomic E-state index is 0.173. The maximum atomic E-state index is 6.25. The van der Waals surface area contributed by atoms with Crippen molar-refractivity contribution in [2.75, 3.05) is 19.6 Å². The van der Waals surface area contributed by atoms with Crippen LogP contribution in [0.5, 0.6) is 0 Å². The summed E-state index contributed by atoms with van der Waals surface area (Å²) in [6, 6.07) is 10.6. The predicted molar refractivity (Wildman–Crippen MR) is 80.9 cm³/mol. The molecule has 1 heterocycles. The molecule has 0 spiro atoms. The summed E-state index contributed by atoms with van der Waals surface area (Å²) in [5.41, 5.74) is 7.50. The van der Waals surface area contributed by atoms with Gasteiger partial charge in [0.2, 0.25) is 0 Å². The minimum absolute atomic E-state index is 0.173. The zero-order valence-corrected chi connectivity index (χ0v) is 12.2. The Kier molecular flexibility index (Phi) is 5.10. The molecular weight excluding hydrogens is 240 g/mol. The Hall–Kier alpha value is -0.510. The van der Waals surface area contributed by atoms with E-state index in [2.05, 4.69) is 54.8 Å². The van der Waals surface area contributed by atoms with E-state index >= 15 is 0 Å². The molecule has 0 bridgehead atoms. The van der Waals surface area contributed by atoms with E-state index < -0.39 is 0 Å². The molecular formula is C15H24N2S. The monoisotopic (exact) mass is 264 g/mol. The first-order valence-electron chi connectivity index (χ1n) is 6.83. The molecule has 2 rings (SSSR count). The van der Waals surface area contributed by atoms with Crippen LogP contribution < -0.4 is 5.73 Å². The third kappa shape index (κ3) is 4.01. The van der Waals surface area contributed by atoms with Gasteiger partial charge in [-0.2, -0.15) is 11.8 Å². The summed E-state index contributed by atoms with van der Waals surface area (Å²) in [5.74, 6) is 0. The van der Waals surface area contributed by atoms with Crippen LogP contribution in [-0.2, 0) is 0 Å². The number of rotatable bonds is 4. The summed E-state index contributed by atoms with van der Waals surface area (Å²) in [6.07, 6.45) is 1.05. The van der Waals surface area contributed by atoms with Gasteiger partial charge in [-0.05, 0) is 12.0 Å². The number of nitrogens with two attached hydrogens (primary N) is 1. The summed E-state index contributed by atoms with van der Waals surface area (Å²) in [6.45, 7) is 8.17. The smallest absolute Gasteiger partial charge is 0.0307 e. The van der Waals surface area contributed by atoms with Crippen molar-refractivity contribution in [3.63, 3.8) is 0 Å². The van der Waals surface area contributed by atoms with Crippen LogP contribution in [0.1, 0.15) is 31.9 Å². The summed E-state index contributed by atoms with van der Waals surface area (Å²) >= 11 is 2.10. The van der Waals surface area contributed by atoms with Gasteiger partial charge < -0.3 is 10.6 Å². The molecule has 18 heavy (non-hydrogen) atoms. The largest absolute Gasteiger partial charge is 0.324 e. The summed E-state index contributed by atoms with van der Waals surface area (Å²) in [7, 11) is 0. The first-order chi connectivity index (χ1) is 8.65. The van der Waals surface area contributed by atoms with E-state index in [9.17, 15) is 0 Å². The van der Waals surface area contributed by atoms with Crippen LogP contribution in [-0.4, -0.2) is 35.0 Å². The number of hydrogen-bond acceptors (Lipinski definition) is 3. The maximum absolute atomic E-state index is 6.25. The lowest BCUT2D eigenvalue weighted by atomic mass is 10.0. The van der Waals surface area contributed by atoms with Gasteiger partial charge in [-0.15, -0.1) is 0 Å². The molecule has 3 atom stereocenters. The van der Waals surface area contributed by atoms with Crippen LogP contribution in [0, 0.1) is 0 Å². The molecule has 1 fully saturated rings. The molecule has 1 aromatic rings. The zero-order valence-electron chi connectivity index (χ0n) is 11.4. The van der Waals surface area contributed by atoms with Gasteiger partial charge in [-0.25, -0.2) is 0 Å². The fourth-order valence-electron chi connectivity index (χ4n) is 2.66. The molecule has 100 valence electrons. The standard InChI is InChI=1S/C15H24N2S/c1-12-10-17(11-13(2)18-12)9-8-15(16)14-6-4-3-5-7-14/h3-7,12-13,15H,8-11,16H2,1-2H3. The average Bonchev–Trinajstić information content (AvgIpc) is 2.36. The van der Waals surface area contributed by atoms with Crippen molar-refractivity contribution in [2.24, 2.45) is 5.73 Å². The van der Waals surface area contributed by atoms with Gasteiger partial charge in [0.15, 0.2) is 0 Å². The van der Waals surface area contributed by atoms with Crippen molar-refractivity contribution in [3.8, 4) is 0 Å². The number of hydrogen-bond donors (Lipinski definition) is 1. The van der Waals surface area contributed by atoms with Crippen molar-refractivity contribution in [3.05, 3.63) is 35.9 Å². The van der Waals surface area contributed by atoms with Crippen LogP contribution in [0.4, 0.5) is 0 Å². The van der Waals surface area contributed by atoms with Crippen molar-refractivity contribution in [1.82, 2.24) is 4.90 Å². The maximum Gasteiger partial charge on any atom is 0.0307 e. The molecule has 1 aliphatic rings. The highest BCUT2D eigenvalue weighted by molar-refractivity contribution is 8.00. The Morgan fingerprint density at radius 1 is 1.22 bits per heavy atom. The summed E-state index contributed by atoms with van der Waals surface area (Å²) < 4.78 is 0. The van der Waals surface area contributed by atoms with Gasteiger partial charge in [0.1, 0.15) is 0 Å². The van der Waals surface area contributed by atoms with E-state index in [-0.39, 0.29) is 6.04 Å². The first kappa shape index (κ1) is 13.9. The van der Waals surface area contributed by atoms with E-state index in [0.29, 0.717) is 0 Å². The molecule has 3 heteroatoms. The molecule has 1 aromatic carbocycles. The van der Waals surface area contributed by atoms with Crippen LogP contribution >= 0.6 is 11.8 Å². The Labute approximate surface area is 115 Å². The minimum Gasteiger partial charge on any atom is -0.324 e. The van der Waals surface area contributed by atoms with Gasteiger partial charge in [-0.1, -0.05) is 44.2 Å². The Bertz CT molecular complexity index is 345. The fraction of sp³-hybridized carbons (Fsp3) is 0.600. The lowest BCUT2D eigenvalue weighted by molar-refractivity contribution is 0.260. The van der Waals surface area contributed by atoms with Crippen LogP contribution in [0.2, 0.25) is 0 Å². The molecule has 1 aliphatic heterocycles. The second-order valence-electron chi connectivity index (χ2n) is 5.32. The number of thioether (sulfide) groups is 1. The normalized spacial score (nSPS) is 27.1. The summed E-state index contributed by atoms with van der Waals surface area (Å²) in [5, 5.41) is 1.50. The Morgan fingerprint density at radius 3 is 2.44 bits per heavy atom. The summed E-state index contributed by atoms with van der Waals surface area (Å²) in [4.78, 5) is 2.56.